The number of piperidine rings is 1. The van der Waals surface area contributed by atoms with Gasteiger partial charge < -0.3 is 20.7 Å². The number of fused-ring (bicyclic) bond motifs is 1. The summed E-state index contributed by atoms with van der Waals surface area (Å²) < 4.78 is 6.10. The first-order chi connectivity index (χ1) is 15.8. The number of nitrogens with two attached hydrogens (primary N) is 1. The van der Waals surface area contributed by atoms with E-state index in [1.807, 2.05) is 25.1 Å². The maximum atomic E-state index is 13.2. The van der Waals surface area contributed by atoms with Gasteiger partial charge in [0.15, 0.2) is 0 Å². The molecule has 4 rings (SSSR count). The molecule has 0 bridgehead atoms. The number of benzene rings is 1. The van der Waals surface area contributed by atoms with Crippen LogP contribution in [0.1, 0.15) is 46.7 Å². The van der Waals surface area contributed by atoms with Gasteiger partial charge >= 0.3 is 11.8 Å². The minimum absolute atomic E-state index is 0.0130. The van der Waals surface area contributed by atoms with Gasteiger partial charge in [-0.15, -0.1) is 11.3 Å². The Morgan fingerprint density at radius 1 is 1.24 bits per heavy atom. The number of hydrogen-bond acceptors (Lipinski definition) is 7. The monoisotopic (exact) mass is 467 g/mol. The summed E-state index contributed by atoms with van der Waals surface area (Å²) in [6.45, 7) is 4.50. The summed E-state index contributed by atoms with van der Waals surface area (Å²) in [6, 6.07) is 7.15. The number of nitrogens with zero attached hydrogens (tertiary/aromatic N) is 3. The molecule has 0 spiro atoms. The molecular formula is C23H25N5O4S. The third kappa shape index (κ3) is 4.65. The van der Waals surface area contributed by atoms with Crippen molar-refractivity contribution in [3.63, 3.8) is 0 Å². The maximum absolute atomic E-state index is 13.2. The van der Waals surface area contributed by atoms with Gasteiger partial charge in [-0.05, 0) is 49.4 Å². The van der Waals surface area contributed by atoms with Crippen molar-refractivity contribution in [1.82, 2.24) is 14.9 Å². The van der Waals surface area contributed by atoms with Crippen LogP contribution in [0.5, 0.6) is 5.88 Å². The molecule has 1 saturated heterocycles. The van der Waals surface area contributed by atoms with Crippen LogP contribution in [-0.2, 0) is 9.59 Å². The SMILES string of the molecule is COc1ncc(NC(=O)C(=O)N2C[C@@H](C)CC[C@@H]2c2ccc3sc(C)nc3c2)cc1C(N)=O. The molecule has 0 unspecified atom stereocenters. The highest BCUT2D eigenvalue weighted by Crippen LogP contribution is 2.35. The van der Waals surface area contributed by atoms with Crippen molar-refractivity contribution in [2.75, 3.05) is 19.0 Å². The number of thiazole rings is 1. The number of methoxy groups -OCH3 is 1. The molecule has 3 heterocycles. The van der Waals surface area contributed by atoms with Gasteiger partial charge in [-0.1, -0.05) is 13.0 Å². The molecule has 0 saturated carbocycles. The Bertz CT molecular complexity index is 1240. The fraction of sp³-hybridized carbons (Fsp3) is 0.348. The van der Waals surface area contributed by atoms with Gasteiger partial charge in [0.05, 0.1) is 40.3 Å². The summed E-state index contributed by atoms with van der Waals surface area (Å²) in [4.78, 5) is 47.9. The van der Waals surface area contributed by atoms with E-state index in [0.717, 1.165) is 33.6 Å². The van der Waals surface area contributed by atoms with E-state index < -0.39 is 17.7 Å². The fourth-order valence-corrected chi connectivity index (χ4v) is 4.97. The lowest BCUT2D eigenvalue weighted by molar-refractivity contribution is -0.146. The molecule has 10 heteroatoms. The first kappa shape index (κ1) is 22.7. The molecule has 1 aromatic carbocycles. The molecule has 3 aromatic rings. The summed E-state index contributed by atoms with van der Waals surface area (Å²) in [5.41, 5.74) is 7.41. The van der Waals surface area contributed by atoms with Crippen LogP contribution < -0.4 is 15.8 Å². The molecule has 1 aliphatic heterocycles. The van der Waals surface area contributed by atoms with Gasteiger partial charge in [0.25, 0.3) is 5.91 Å². The number of carbonyl (C=O) groups is 3. The van der Waals surface area contributed by atoms with Crippen LogP contribution in [0.25, 0.3) is 10.2 Å². The van der Waals surface area contributed by atoms with E-state index in [4.69, 9.17) is 10.5 Å². The molecule has 0 aliphatic carbocycles. The second-order valence-electron chi connectivity index (χ2n) is 8.22. The zero-order valence-electron chi connectivity index (χ0n) is 18.6. The van der Waals surface area contributed by atoms with Crippen LogP contribution in [0, 0.1) is 12.8 Å². The largest absolute Gasteiger partial charge is 0.480 e. The number of hydrogen-bond donors (Lipinski definition) is 2. The summed E-state index contributed by atoms with van der Waals surface area (Å²) in [5.74, 6) is -1.88. The van der Waals surface area contributed by atoms with E-state index in [-0.39, 0.29) is 29.1 Å². The van der Waals surface area contributed by atoms with Crippen molar-refractivity contribution in [2.24, 2.45) is 11.7 Å². The van der Waals surface area contributed by atoms with Crippen LogP contribution in [-0.4, -0.2) is 46.2 Å². The lowest BCUT2D eigenvalue weighted by Crippen LogP contribution is -2.46. The number of aryl methyl sites for hydroxylation is 1. The first-order valence-electron chi connectivity index (χ1n) is 10.6. The van der Waals surface area contributed by atoms with Gasteiger partial charge in [0, 0.05) is 6.54 Å². The Morgan fingerprint density at radius 2 is 2.03 bits per heavy atom. The minimum atomic E-state index is -0.804. The van der Waals surface area contributed by atoms with Crippen molar-refractivity contribution in [1.29, 1.82) is 0 Å². The van der Waals surface area contributed by atoms with Crippen molar-refractivity contribution in [3.05, 3.63) is 46.6 Å². The van der Waals surface area contributed by atoms with Crippen LogP contribution in [0.2, 0.25) is 0 Å². The molecule has 2 atom stereocenters. The number of ether oxygens (including phenoxy) is 1. The number of nitrogens with one attached hydrogen (secondary N) is 1. The molecule has 0 radical (unpaired) electrons. The number of aromatic nitrogens is 2. The number of carbonyl (C=O) groups excluding carboxylic acids is 3. The molecule has 1 fully saturated rings. The van der Waals surface area contributed by atoms with Crippen LogP contribution >= 0.6 is 11.3 Å². The molecule has 172 valence electrons. The average molecular weight is 468 g/mol. The van der Waals surface area contributed by atoms with Crippen molar-refractivity contribution >= 4 is 45.0 Å². The average Bonchev–Trinajstić information content (AvgIpc) is 3.17. The Morgan fingerprint density at radius 3 is 2.76 bits per heavy atom. The zero-order chi connectivity index (χ0) is 23.7. The topological polar surface area (TPSA) is 128 Å². The van der Waals surface area contributed by atoms with Gasteiger partial charge in [0.2, 0.25) is 5.88 Å². The lowest BCUT2D eigenvalue weighted by atomic mass is 9.89. The molecule has 33 heavy (non-hydrogen) atoms. The predicted octanol–water partition coefficient (Wildman–Crippen LogP) is 3.05. The second kappa shape index (κ2) is 9.14. The van der Waals surface area contributed by atoms with E-state index in [1.54, 1.807) is 16.2 Å². The number of anilines is 1. The highest BCUT2D eigenvalue weighted by atomic mass is 32.1. The molecule has 1 aliphatic rings. The Labute approximate surface area is 195 Å². The van der Waals surface area contributed by atoms with Crippen LogP contribution in [0.4, 0.5) is 5.69 Å². The van der Waals surface area contributed by atoms with E-state index >= 15 is 0 Å². The number of primary amides is 1. The third-order valence-corrected chi connectivity index (χ3v) is 6.70. The van der Waals surface area contributed by atoms with Crippen molar-refractivity contribution in [2.45, 2.75) is 32.7 Å². The third-order valence-electron chi connectivity index (χ3n) is 5.74. The highest BCUT2D eigenvalue weighted by Gasteiger charge is 2.34. The summed E-state index contributed by atoms with van der Waals surface area (Å²) in [6.07, 6.45) is 3.02. The van der Waals surface area contributed by atoms with Gasteiger partial charge in [-0.2, -0.15) is 0 Å². The smallest absolute Gasteiger partial charge is 0.313 e. The Kier molecular flexibility index (Phi) is 6.28. The van der Waals surface area contributed by atoms with Crippen LogP contribution in [0.3, 0.4) is 0 Å². The Balaban J connectivity index is 1.58. The molecule has 3 amide bonds. The molecule has 2 aromatic heterocycles. The van der Waals surface area contributed by atoms with Crippen molar-refractivity contribution < 1.29 is 19.1 Å². The zero-order valence-corrected chi connectivity index (χ0v) is 19.4. The number of likely N-dealkylation sites (tertiary alicyclic amines) is 1. The quantitative estimate of drug-likeness (QED) is 0.568. The standard InChI is InChI=1S/C23H25N5O4S/c1-12-4-6-18(14-5-7-19-17(8-14)26-13(2)33-19)28(11-12)23(31)21(30)27-15-9-16(20(24)29)22(32-3)25-10-15/h5,7-10,12,18H,4,6,11H2,1-3H3,(H2,24,29)(H,27,30)/t12-,18+/m0/s1. The predicted molar refractivity (Wildman–Crippen MR) is 125 cm³/mol. The summed E-state index contributed by atoms with van der Waals surface area (Å²) >= 11 is 1.62. The van der Waals surface area contributed by atoms with Gasteiger partial charge in [-0.3, -0.25) is 14.4 Å². The normalized spacial score (nSPS) is 18.2. The molecular weight excluding hydrogens is 442 g/mol. The van der Waals surface area contributed by atoms with Crippen LogP contribution in [0.15, 0.2) is 30.5 Å². The fourth-order valence-electron chi connectivity index (χ4n) is 4.17. The van der Waals surface area contributed by atoms with E-state index in [2.05, 4.69) is 22.2 Å². The van der Waals surface area contributed by atoms with Gasteiger partial charge in [0.1, 0.15) is 5.56 Å². The van der Waals surface area contributed by atoms with E-state index in [9.17, 15) is 14.4 Å². The minimum Gasteiger partial charge on any atom is -0.480 e. The molecule has 9 nitrogen and oxygen atoms in total. The number of amides is 3. The highest BCUT2D eigenvalue weighted by molar-refractivity contribution is 7.18. The lowest BCUT2D eigenvalue weighted by Gasteiger charge is -2.38. The van der Waals surface area contributed by atoms with Gasteiger partial charge in [-0.25, -0.2) is 9.97 Å². The Hall–Kier alpha value is -3.53. The molecule has 3 N–H and O–H groups in total. The van der Waals surface area contributed by atoms with E-state index in [1.165, 1.54) is 19.4 Å². The first-order valence-corrected chi connectivity index (χ1v) is 11.4. The second-order valence-corrected chi connectivity index (χ2v) is 9.45. The number of pyridine rings is 1. The summed E-state index contributed by atoms with van der Waals surface area (Å²) in [7, 11) is 1.36. The number of rotatable bonds is 4. The summed E-state index contributed by atoms with van der Waals surface area (Å²) in [5, 5.41) is 3.52. The van der Waals surface area contributed by atoms with Crippen molar-refractivity contribution in [3.8, 4) is 5.88 Å². The maximum Gasteiger partial charge on any atom is 0.313 e. The van der Waals surface area contributed by atoms with E-state index in [0.29, 0.717) is 6.54 Å².